The first-order valence-corrected chi connectivity index (χ1v) is 11.6. The Morgan fingerprint density at radius 2 is 2.16 bits per heavy atom. The Bertz CT molecular complexity index is 1110. The molecule has 4 rings (SSSR count). The summed E-state index contributed by atoms with van der Waals surface area (Å²) in [7, 11) is 1.60. The summed E-state index contributed by atoms with van der Waals surface area (Å²) >= 11 is 2.14. The molecular weight excluding hydrogens is 512 g/mol. The van der Waals surface area contributed by atoms with Crippen molar-refractivity contribution in [3.63, 3.8) is 0 Å². The second kappa shape index (κ2) is 9.73. The van der Waals surface area contributed by atoms with Crippen molar-refractivity contribution in [2.75, 3.05) is 19.0 Å². The minimum Gasteiger partial charge on any atom is -0.496 e. The second-order valence-electron chi connectivity index (χ2n) is 7.31. The van der Waals surface area contributed by atoms with E-state index in [0.717, 1.165) is 30.3 Å². The summed E-state index contributed by atoms with van der Waals surface area (Å²) in [5, 5.41) is 10.0. The number of hydrogen-bond donors (Lipinski definition) is 3. The van der Waals surface area contributed by atoms with Crippen molar-refractivity contribution in [2.24, 2.45) is 0 Å². The van der Waals surface area contributed by atoms with Gasteiger partial charge in [-0.05, 0) is 30.5 Å². The molecule has 2 aromatic carbocycles. The van der Waals surface area contributed by atoms with E-state index >= 15 is 0 Å². The van der Waals surface area contributed by atoms with Crippen molar-refractivity contribution < 1.29 is 13.9 Å². The van der Waals surface area contributed by atoms with E-state index in [4.69, 9.17) is 4.74 Å². The summed E-state index contributed by atoms with van der Waals surface area (Å²) < 4.78 is 20.9. The largest absolute Gasteiger partial charge is 0.496 e. The van der Waals surface area contributed by atoms with Gasteiger partial charge in [0.2, 0.25) is 5.91 Å². The zero-order valence-corrected chi connectivity index (χ0v) is 19.2. The van der Waals surface area contributed by atoms with Crippen molar-refractivity contribution in [1.29, 1.82) is 0 Å². The van der Waals surface area contributed by atoms with Gasteiger partial charge in [0.05, 0.1) is 24.4 Å². The van der Waals surface area contributed by atoms with Crippen molar-refractivity contribution in [2.45, 2.75) is 29.9 Å². The minimum atomic E-state index is -0.289. The van der Waals surface area contributed by atoms with Gasteiger partial charge in [-0.1, -0.05) is 34.7 Å². The molecule has 3 aromatic rings. The first kappa shape index (κ1) is 21.7. The van der Waals surface area contributed by atoms with Crippen LogP contribution in [0.3, 0.4) is 0 Å². The number of fused-ring (bicyclic) bond motifs is 1. The number of nitrogens with one attached hydrogen (secondary N) is 3. The van der Waals surface area contributed by atoms with Gasteiger partial charge in [-0.15, -0.1) is 0 Å². The van der Waals surface area contributed by atoms with Gasteiger partial charge in [0.1, 0.15) is 17.9 Å². The molecule has 1 aliphatic heterocycles. The van der Waals surface area contributed by atoms with Crippen LogP contribution in [0.1, 0.15) is 24.0 Å². The molecule has 1 amide bonds. The Morgan fingerprint density at radius 1 is 1.29 bits per heavy atom. The lowest BCUT2D eigenvalue weighted by Crippen LogP contribution is -2.47. The van der Waals surface area contributed by atoms with Crippen LogP contribution >= 0.6 is 22.6 Å². The average molecular weight is 535 g/mol. The van der Waals surface area contributed by atoms with Gasteiger partial charge in [0, 0.05) is 34.5 Å². The molecular formula is C22H23FIN5O2. The number of halogens is 2. The highest BCUT2D eigenvalue weighted by molar-refractivity contribution is 14.1. The molecule has 162 valence electrons. The minimum absolute atomic E-state index is 0.0160. The van der Waals surface area contributed by atoms with Gasteiger partial charge in [0.25, 0.3) is 0 Å². The van der Waals surface area contributed by atoms with Crippen LogP contribution in [0.5, 0.6) is 5.75 Å². The van der Waals surface area contributed by atoms with E-state index in [0.29, 0.717) is 39.3 Å². The molecule has 0 bridgehead atoms. The monoisotopic (exact) mass is 535 g/mol. The number of methoxy groups -OCH3 is 1. The molecule has 0 spiro atoms. The summed E-state index contributed by atoms with van der Waals surface area (Å²) in [6.07, 6.45) is 3.18. The Hall–Kier alpha value is -2.53. The number of ether oxygens (including phenoxy) is 1. The van der Waals surface area contributed by atoms with Gasteiger partial charge < -0.3 is 20.7 Å². The van der Waals surface area contributed by atoms with E-state index in [9.17, 15) is 9.18 Å². The van der Waals surface area contributed by atoms with E-state index in [2.05, 4.69) is 48.5 Å². The van der Waals surface area contributed by atoms with Gasteiger partial charge in [0.15, 0.2) is 5.82 Å². The fraction of sp³-hybridized carbons (Fsp3) is 0.318. The molecule has 31 heavy (non-hydrogen) atoms. The molecule has 1 aliphatic rings. The van der Waals surface area contributed by atoms with E-state index < -0.39 is 0 Å². The molecule has 3 N–H and O–H groups in total. The highest BCUT2D eigenvalue weighted by atomic mass is 127. The average Bonchev–Trinajstić information content (AvgIpc) is 2.79. The van der Waals surface area contributed by atoms with Crippen LogP contribution in [0.2, 0.25) is 0 Å². The molecule has 0 saturated carbocycles. The van der Waals surface area contributed by atoms with Gasteiger partial charge in [-0.3, -0.25) is 4.79 Å². The maximum atomic E-state index is 14.7. The molecule has 7 nitrogen and oxygen atoms in total. The van der Waals surface area contributed by atoms with Crippen LogP contribution in [0.4, 0.5) is 15.9 Å². The number of piperidine rings is 1. The fourth-order valence-corrected chi connectivity index (χ4v) is 4.25. The molecule has 1 aromatic heterocycles. The van der Waals surface area contributed by atoms with Gasteiger partial charge in [-0.2, -0.15) is 0 Å². The topological polar surface area (TPSA) is 88.2 Å². The van der Waals surface area contributed by atoms with Crippen LogP contribution < -0.4 is 20.7 Å². The zero-order chi connectivity index (χ0) is 21.8. The first-order valence-electron chi connectivity index (χ1n) is 10.0. The van der Waals surface area contributed by atoms with Crippen LogP contribution in [-0.4, -0.2) is 35.6 Å². The number of hydrogen-bond acceptors (Lipinski definition) is 6. The first-order chi connectivity index (χ1) is 15.1. The van der Waals surface area contributed by atoms with Crippen molar-refractivity contribution in [1.82, 2.24) is 20.6 Å². The lowest BCUT2D eigenvalue weighted by Gasteiger charge is -2.23. The molecule has 0 aliphatic carbocycles. The quantitative estimate of drug-likeness (QED) is 0.315. The van der Waals surface area contributed by atoms with E-state index in [1.165, 1.54) is 6.33 Å². The van der Waals surface area contributed by atoms with E-state index in [1.54, 1.807) is 19.2 Å². The lowest BCUT2D eigenvalue weighted by molar-refractivity contribution is -0.124. The molecule has 9 heteroatoms. The number of nitrogens with zero attached hydrogens (tertiary/aromatic N) is 2. The number of amides is 1. The summed E-state index contributed by atoms with van der Waals surface area (Å²) in [6.45, 7) is 1.17. The van der Waals surface area contributed by atoms with E-state index in [-0.39, 0.29) is 17.8 Å². The normalized spacial score (nSPS) is 16.2. The molecule has 1 fully saturated rings. The van der Waals surface area contributed by atoms with Crippen LogP contribution in [0, 0.1) is 5.82 Å². The third-order valence-electron chi connectivity index (χ3n) is 5.34. The predicted octanol–water partition coefficient (Wildman–Crippen LogP) is 3.82. The van der Waals surface area contributed by atoms with Crippen LogP contribution in [-0.2, 0) is 15.8 Å². The summed E-state index contributed by atoms with van der Waals surface area (Å²) in [5.41, 5.74) is 2.54. The molecule has 0 unspecified atom stereocenters. The van der Waals surface area contributed by atoms with Crippen molar-refractivity contribution in [3.05, 3.63) is 53.6 Å². The highest BCUT2D eigenvalue weighted by Crippen LogP contribution is 2.31. The number of carbonyl (C=O) groups is 1. The Balaban J connectivity index is 1.66. The maximum Gasteiger partial charge on any atom is 0.237 e. The number of aromatic nitrogens is 2. The Kier molecular flexibility index (Phi) is 6.81. The zero-order valence-electron chi connectivity index (χ0n) is 17.0. The number of carbonyl (C=O) groups excluding carboxylic acids is 1. The SMILES string of the molecule is COc1cc2ncnc(Nc3cccc(CI)c3F)c2cc1CN[C@H]1CCCNC1=O. The van der Waals surface area contributed by atoms with Gasteiger partial charge in [-0.25, -0.2) is 14.4 Å². The maximum absolute atomic E-state index is 14.7. The smallest absolute Gasteiger partial charge is 0.237 e. The highest BCUT2D eigenvalue weighted by Gasteiger charge is 2.22. The van der Waals surface area contributed by atoms with Crippen LogP contribution in [0.25, 0.3) is 10.9 Å². The molecule has 0 radical (unpaired) electrons. The fourth-order valence-electron chi connectivity index (χ4n) is 3.66. The third kappa shape index (κ3) is 4.72. The molecule has 2 heterocycles. The van der Waals surface area contributed by atoms with Gasteiger partial charge >= 0.3 is 0 Å². The molecule has 1 saturated heterocycles. The third-order valence-corrected chi connectivity index (χ3v) is 6.16. The predicted molar refractivity (Wildman–Crippen MR) is 126 cm³/mol. The summed E-state index contributed by atoms with van der Waals surface area (Å²) in [4.78, 5) is 20.7. The van der Waals surface area contributed by atoms with Crippen LogP contribution in [0.15, 0.2) is 36.7 Å². The number of benzene rings is 2. The van der Waals surface area contributed by atoms with Crippen molar-refractivity contribution >= 4 is 50.9 Å². The number of rotatable bonds is 7. The Morgan fingerprint density at radius 3 is 2.94 bits per heavy atom. The standard InChI is InChI=1S/C22H23FIN5O2/c1-31-19-9-18-15(8-14(19)11-26-17-6-3-7-25-22(17)30)21(28-12-27-18)29-16-5-2-4-13(10-24)20(16)23/h2,4-5,8-9,12,17,26H,3,6-7,10-11H2,1H3,(H,25,30)(H,27,28,29)/t17-/m0/s1. The Labute approximate surface area is 193 Å². The van der Waals surface area contributed by atoms with Crippen molar-refractivity contribution in [3.8, 4) is 5.75 Å². The summed E-state index contributed by atoms with van der Waals surface area (Å²) in [6, 6.07) is 8.79. The molecule has 1 atom stereocenters. The second-order valence-corrected chi connectivity index (χ2v) is 8.07. The van der Waals surface area contributed by atoms with E-state index in [1.807, 2.05) is 18.2 Å². The number of alkyl halides is 1. The number of anilines is 2. The summed E-state index contributed by atoms with van der Waals surface area (Å²) in [5.74, 6) is 0.900. The lowest BCUT2D eigenvalue weighted by atomic mass is 10.1.